The molecule has 1 aromatic heterocycles. The Morgan fingerprint density at radius 3 is 2.53 bits per heavy atom. The molecule has 0 aliphatic rings. The molecule has 5 heteroatoms. The Morgan fingerprint density at radius 2 is 1.95 bits per heavy atom. The topological polar surface area (TPSA) is 57.0 Å². The summed E-state index contributed by atoms with van der Waals surface area (Å²) in [5, 5.41) is 8.74. The first-order valence-corrected chi connectivity index (χ1v) is 6.32. The van der Waals surface area contributed by atoms with Crippen molar-refractivity contribution < 1.29 is 4.79 Å². The van der Waals surface area contributed by atoms with Crippen LogP contribution in [0.1, 0.15) is 16.1 Å². The average molecular weight is 316 g/mol. The van der Waals surface area contributed by atoms with Gasteiger partial charge < -0.3 is 4.90 Å². The maximum atomic E-state index is 12.2. The molecule has 0 spiro atoms. The normalized spacial score (nSPS) is 9.74. The Bertz CT molecular complexity index is 646. The second-order valence-electron chi connectivity index (χ2n) is 3.87. The van der Waals surface area contributed by atoms with E-state index in [2.05, 4.69) is 20.9 Å². The fraction of sp³-hybridized carbons (Fsp3) is 0.0714. The Kier molecular flexibility index (Phi) is 3.93. The van der Waals surface area contributed by atoms with E-state index in [0.717, 1.165) is 0 Å². The average Bonchev–Trinajstić information content (AvgIpc) is 2.46. The van der Waals surface area contributed by atoms with Crippen molar-refractivity contribution in [3.63, 3.8) is 0 Å². The lowest BCUT2D eigenvalue weighted by molar-refractivity contribution is 0.0988. The van der Waals surface area contributed by atoms with Gasteiger partial charge in [-0.3, -0.25) is 4.79 Å². The molecule has 0 saturated carbocycles. The molecule has 0 saturated heterocycles. The second kappa shape index (κ2) is 5.63. The molecule has 0 N–H and O–H groups in total. The van der Waals surface area contributed by atoms with Crippen LogP contribution in [0, 0.1) is 11.3 Å². The van der Waals surface area contributed by atoms with Crippen molar-refractivity contribution in [2.24, 2.45) is 0 Å². The van der Waals surface area contributed by atoms with E-state index in [9.17, 15) is 4.79 Å². The Morgan fingerprint density at radius 1 is 1.26 bits per heavy atom. The minimum absolute atomic E-state index is 0.203. The first kappa shape index (κ1) is 13.2. The maximum Gasteiger partial charge on any atom is 0.276 e. The molecule has 2 rings (SSSR count). The molecule has 94 valence electrons. The van der Waals surface area contributed by atoms with Gasteiger partial charge in [0.2, 0.25) is 0 Å². The quantitative estimate of drug-likeness (QED) is 0.800. The van der Waals surface area contributed by atoms with Crippen LogP contribution < -0.4 is 4.90 Å². The third-order valence-electron chi connectivity index (χ3n) is 2.62. The summed E-state index contributed by atoms with van der Waals surface area (Å²) in [6, 6.07) is 14.0. The molecule has 0 unspecified atom stereocenters. The largest absolute Gasteiger partial charge is 0.310 e. The van der Waals surface area contributed by atoms with Crippen molar-refractivity contribution in [2.75, 3.05) is 11.9 Å². The molecule has 0 bridgehead atoms. The van der Waals surface area contributed by atoms with Crippen LogP contribution >= 0.6 is 15.9 Å². The summed E-state index contributed by atoms with van der Waals surface area (Å²) in [6.45, 7) is 0. The monoisotopic (exact) mass is 315 g/mol. The van der Waals surface area contributed by atoms with E-state index in [1.165, 1.54) is 4.90 Å². The Labute approximate surface area is 119 Å². The van der Waals surface area contributed by atoms with Gasteiger partial charge in [0.15, 0.2) is 0 Å². The molecule has 0 radical (unpaired) electrons. The van der Waals surface area contributed by atoms with Gasteiger partial charge in [-0.2, -0.15) is 5.26 Å². The summed E-state index contributed by atoms with van der Waals surface area (Å²) >= 11 is 3.24. The zero-order valence-corrected chi connectivity index (χ0v) is 11.8. The van der Waals surface area contributed by atoms with Crippen LogP contribution in [0.3, 0.4) is 0 Å². The lowest BCUT2D eigenvalue weighted by Crippen LogP contribution is -2.27. The van der Waals surface area contributed by atoms with Crippen LogP contribution in [0.15, 0.2) is 47.1 Å². The fourth-order valence-electron chi connectivity index (χ4n) is 1.58. The molecule has 1 aromatic carbocycles. The van der Waals surface area contributed by atoms with Crippen molar-refractivity contribution in [2.45, 2.75) is 0 Å². The van der Waals surface area contributed by atoms with Gasteiger partial charge in [-0.1, -0.05) is 6.07 Å². The van der Waals surface area contributed by atoms with Crippen molar-refractivity contribution >= 4 is 27.5 Å². The zero-order chi connectivity index (χ0) is 13.8. The lowest BCUT2D eigenvalue weighted by atomic mass is 10.2. The van der Waals surface area contributed by atoms with Gasteiger partial charge >= 0.3 is 0 Å². The van der Waals surface area contributed by atoms with Crippen molar-refractivity contribution in [3.8, 4) is 6.07 Å². The molecular formula is C14H10BrN3O. The summed E-state index contributed by atoms with van der Waals surface area (Å²) in [7, 11) is 1.67. The zero-order valence-electron chi connectivity index (χ0n) is 10.2. The van der Waals surface area contributed by atoms with Gasteiger partial charge in [0, 0.05) is 12.7 Å². The fourth-order valence-corrected chi connectivity index (χ4v) is 1.92. The molecule has 0 fully saturated rings. The Balaban J connectivity index is 2.26. The maximum absolute atomic E-state index is 12.2. The van der Waals surface area contributed by atoms with Crippen LogP contribution in [0.5, 0.6) is 0 Å². The summed E-state index contributed by atoms with van der Waals surface area (Å²) in [6.07, 6.45) is 0. The van der Waals surface area contributed by atoms with Gasteiger partial charge in [0.05, 0.1) is 11.6 Å². The first-order chi connectivity index (χ1) is 9.11. The van der Waals surface area contributed by atoms with E-state index >= 15 is 0 Å². The van der Waals surface area contributed by atoms with Gasteiger partial charge in [-0.15, -0.1) is 0 Å². The standard InChI is InChI=1S/C14H10BrN3O/c1-18(11-7-5-10(9-16)6-8-11)14(19)12-3-2-4-13(15)17-12/h2-8H,1H3. The van der Waals surface area contributed by atoms with E-state index in [1.807, 2.05) is 6.07 Å². The number of carbonyl (C=O) groups is 1. The summed E-state index contributed by atoms with van der Waals surface area (Å²) in [5.74, 6) is -0.203. The number of anilines is 1. The number of amides is 1. The van der Waals surface area contributed by atoms with Crippen molar-refractivity contribution in [1.82, 2.24) is 4.98 Å². The van der Waals surface area contributed by atoms with E-state index in [-0.39, 0.29) is 5.91 Å². The SMILES string of the molecule is CN(C(=O)c1cccc(Br)n1)c1ccc(C#N)cc1. The molecule has 0 atom stereocenters. The third kappa shape index (κ3) is 2.98. The number of hydrogen-bond acceptors (Lipinski definition) is 3. The first-order valence-electron chi connectivity index (χ1n) is 5.52. The van der Waals surface area contributed by atoms with Crippen molar-refractivity contribution in [3.05, 3.63) is 58.3 Å². The highest BCUT2D eigenvalue weighted by atomic mass is 79.9. The van der Waals surface area contributed by atoms with Crippen LogP contribution in [-0.4, -0.2) is 17.9 Å². The second-order valence-corrected chi connectivity index (χ2v) is 4.68. The van der Waals surface area contributed by atoms with Crippen LogP contribution in [0.2, 0.25) is 0 Å². The highest BCUT2D eigenvalue weighted by molar-refractivity contribution is 9.10. The number of pyridine rings is 1. The van der Waals surface area contributed by atoms with E-state index in [1.54, 1.807) is 49.5 Å². The molecular weight excluding hydrogens is 306 g/mol. The predicted octanol–water partition coefficient (Wildman–Crippen LogP) is 2.99. The number of hydrogen-bond donors (Lipinski definition) is 0. The highest BCUT2D eigenvalue weighted by Crippen LogP contribution is 2.16. The van der Waals surface area contributed by atoms with Crippen LogP contribution in [0.25, 0.3) is 0 Å². The third-order valence-corrected chi connectivity index (χ3v) is 3.06. The number of nitriles is 1. The van der Waals surface area contributed by atoms with Gasteiger partial charge in [-0.25, -0.2) is 4.98 Å². The Hall–Kier alpha value is -2.19. The van der Waals surface area contributed by atoms with Gasteiger partial charge in [-0.05, 0) is 52.3 Å². The van der Waals surface area contributed by atoms with E-state index in [4.69, 9.17) is 5.26 Å². The van der Waals surface area contributed by atoms with E-state index in [0.29, 0.717) is 21.5 Å². The number of benzene rings is 1. The predicted molar refractivity (Wildman–Crippen MR) is 75.8 cm³/mol. The van der Waals surface area contributed by atoms with E-state index < -0.39 is 0 Å². The highest BCUT2D eigenvalue weighted by Gasteiger charge is 2.14. The van der Waals surface area contributed by atoms with Crippen LogP contribution in [-0.2, 0) is 0 Å². The molecule has 1 heterocycles. The minimum atomic E-state index is -0.203. The lowest BCUT2D eigenvalue weighted by Gasteiger charge is -2.16. The molecule has 0 aliphatic carbocycles. The molecule has 1 amide bonds. The van der Waals surface area contributed by atoms with Crippen molar-refractivity contribution in [1.29, 1.82) is 5.26 Å². The molecule has 4 nitrogen and oxygen atoms in total. The van der Waals surface area contributed by atoms with Crippen LogP contribution in [0.4, 0.5) is 5.69 Å². The molecule has 0 aliphatic heterocycles. The smallest absolute Gasteiger partial charge is 0.276 e. The molecule has 2 aromatic rings. The van der Waals surface area contributed by atoms with Gasteiger partial charge in [0.1, 0.15) is 10.3 Å². The summed E-state index contributed by atoms with van der Waals surface area (Å²) in [4.78, 5) is 17.9. The van der Waals surface area contributed by atoms with Gasteiger partial charge in [0.25, 0.3) is 5.91 Å². The summed E-state index contributed by atoms with van der Waals surface area (Å²) in [5.41, 5.74) is 1.64. The number of carbonyl (C=O) groups excluding carboxylic acids is 1. The number of aromatic nitrogens is 1. The number of halogens is 1. The summed E-state index contributed by atoms with van der Waals surface area (Å²) < 4.78 is 0.617. The molecule has 19 heavy (non-hydrogen) atoms. The number of rotatable bonds is 2. The number of nitrogens with zero attached hydrogens (tertiary/aromatic N) is 3. The minimum Gasteiger partial charge on any atom is -0.310 e.